The Bertz CT molecular complexity index is 1010. The molecular weight excluding hydrogens is 414 g/mol. The lowest BCUT2D eigenvalue weighted by Gasteiger charge is -2.18. The van der Waals surface area contributed by atoms with Gasteiger partial charge in [-0.1, -0.05) is 32.5 Å². The molecule has 0 saturated carbocycles. The second-order valence-electron chi connectivity index (χ2n) is 8.13. The van der Waals surface area contributed by atoms with E-state index in [1.807, 2.05) is 0 Å². The van der Waals surface area contributed by atoms with Crippen LogP contribution in [0, 0.1) is 11.8 Å². The molecule has 9 heteroatoms. The van der Waals surface area contributed by atoms with E-state index < -0.39 is 10.0 Å². The minimum atomic E-state index is -3.46. The number of fused-ring (bicyclic) bond motifs is 3. The van der Waals surface area contributed by atoms with Crippen molar-refractivity contribution in [3.63, 3.8) is 0 Å². The van der Waals surface area contributed by atoms with Gasteiger partial charge in [-0.15, -0.1) is 11.3 Å². The molecule has 28 heavy (non-hydrogen) atoms. The van der Waals surface area contributed by atoms with Crippen LogP contribution in [0.2, 0.25) is 0 Å². The molecule has 0 bridgehead atoms. The molecular formula is C19H29N3O3S3. The quantitative estimate of drug-likeness (QED) is 0.383. The molecule has 156 valence electrons. The number of hydrogen-bond donors (Lipinski definition) is 1. The minimum Gasteiger partial charge on any atom is -0.287 e. The molecule has 2 aromatic heterocycles. The molecule has 2 N–H and O–H groups in total. The normalized spacial score (nSPS) is 17.4. The molecule has 0 fully saturated rings. The Labute approximate surface area is 175 Å². The lowest BCUT2D eigenvalue weighted by atomic mass is 9.89. The van der Waals surface area contributed by atoms with Crippen LogP contribution in [0.4, 0.5) is 0 Å². The number of aryl methyl sites for hydroxylation is 1. The van der Waals surface area contributed by atoms with Gasteiger partial charge in [-0.25, -0.2) is 18.5 Å². The summed E-state index contributed by atoms with van der Waals surface area (Å²) in [4.78, 5) is 20.4. The summed E-state index contributed by atoms with van der Waals surface area (Å²) in [5.41, 5.74) is 1.27. The second-order valence-corrected chi connectivity index (χ2v) is 12.0. The average molecular weight is 444 g/mol. The number of aromatic nitrogens is 2. The lowest BCUT2D eigenvalue weighted by Crippen LogP contribution is -2.25. The average Bonchev–Trinajstić information content (AvgIpc) is 2.94. The summed E-state index contributed by atoms with van der Waals surface area (Å²) in [5.74, 6) is 1.65. The second kappa shape index (κ2) is 8.85. The third-order valence-corrected chi connectivity index (χ3v) is 8.18. The fraction of sp³-hybridized carbons (Fsp3) is 0.684. The number of sulfonamides is 1. The van der Waals surface area contributed by atoms with Crippen molar-refractivity contribution in [2.75, 3.05) is 11.5 Å². The molecule has 1 aliphatic rings. The van der Waals surface area contributed by atoms with Crippen LogP contribution in [0.15, 0.2) is 9.95 Å². The molecule has 0 radical (unpaired) electrons. The van der Waals surface area contributed by atoms with Gasteiger partial charge in [0, 0.05) is 17.2 Å². The van der Waals surface area contributed by atoms with E-state index in [0.717, 1.165) is 35.9 Å². The van der Waals surface area contributed by atoms with Gasteiger partial charge in [-0.05, 0) is 49.5 Å². The van der Waals surface area contributed by atoms with Gasteiger partial charge in [-0.2, -0.15) is 0 Å². The van der Waals surface area contributed by atoms with Crippen molar-refractivity contribution in [2.24, 2.45) is 17.0 Å². The molecule has 0 amide bonds. The van der Waals surface area contributed by atoms with E-state index in [1.165, 1.54) is 22.2 Å². The maximum Gasteiger partial charge on any atom is 0.263 e. The molecule has 2 aromatic rings. The van der Waals surface area contributed by atoms with Gasteiger partial charge in [0.25, 0.3) is 5.56 Å². The zero-order valence-electron chi connectivity index (χ0n) is 16.7. The van der Waals surface area contributed by atoms with E-state index in [4.69, 9.17) is 10.1 Å². The Morgan fingerprint density at radius 1 is 1.39 bits per heavy atom. The van der Waals surface area contributed by atoms with Crippen LogP contribution in [0.5, 0.6) is 0 Å². The number of primary sulfonamides is 1. The maximum absolute atomic E-state index is 13.4. The highest BCUT2D eigenvalue weighted by Crippen LogP contribution is 2.36. The minimum absolute atomic E-state index is 0.0519. The van der Waals surface area contributed by atoms with Crippen molar-refractivity contribution in [3.8, 4) is 0 Å². The summed E-state index contributed by atoms with van der Waals surface area (Å²) < 4.78 is 24.1. The van der Waals surface area contributed by atoms with Crippen molar-refractivity contribution in [1.29, 1.82) is 0 Å². The first-order valence-electron chi connectivity index (χ1n) is 9.84. The number of nitrogens with zero attached hydrogens (tertiary/aromatic N) is 2. The number of rotatable bonds is 8. The molecule has 1 atom stereocenters. The summed E-state index contributed by atoms with van der Waals surface area (Å²) in [5, 5.41) is 6.59. The van der Waals surface area contributed by atoms with Gasteiger partial charge in [0.05, 0.1) is 11.1 Å². The van der Waals surface area contributed by atoms with Crippen molar-refractivity contribution in [3.05, 3.63) is 20.8 Å². The van der Waals surface area contributed by atoms with E-state index in [9.17, 15) is 13.2 Å². The molecule has 0 aliphatic heterocycles. The zero-order chi connectivity index (χ0) is 20.5. The van der Waals surface area contributed by atoms with Gasteiger partial charge in [0.1, 0.15) is 4.83 Å². The van der Waals surface area contributed by atoms with Crippen LogP contribution in [0.3, 0.4) is 0 Å². The molecule has 0 saturated heterocycles. The predicted octanol–water partition coefficient (Wildman–Crippen LogP) is 3.40. The molecule has 0 spiro atoms. The van der Waals surface area contributed by atoms with Crippen molar-refractivity contribution < 1.29 is 8.42 Å². The highest BCUT2D eigenvalue weighted by atomic mass is 32.2. The van der Waals surface area contributed by atoms with E-state index in [-0.39, 0.29) is 11.3 Å². The van der Waals surface area contributed by atoms with Crippen LogP contribution in [-0.4, -0.2) is 29.5 Å². The van der Waals surface area contributed by atoms with Crippen LogP contribution in [0.25, 0.3) is 10.2 Å². The highest BCUT2D eigenvalue weighted by molar-refractivity contribution is 7.99. The first-order valence-corrected chi connectivity index (χ1v) is 13.4. The van der Waals surface area contributed by atoms with E-state index in [1.54, 1.807) is 15.9 Å². The Balaban J connectivity index is 1.95. The standard InChI is InChI=1S/C19H29N3O3S3/c1-12(2)7-8-22-18(23)16-14-6-5-13(3)11-15(14)27-17(16)21-19(22)26-9-4-10-28(20,24)25/h12-13H,4-11H2,1-3H3,(H2,20,24,25). The third kappa shape index (κ3) is 5.17. The lowest BCUT2D eigenvalue weighted by molar-refractivity contribution is 0.480. The SMILES string of the molecule is CC(C)CCn1c(SCCCS(N)(=O)=O)nc2sc3c(c2c1=O)CCC(C)C3. The first-order chi connectivity index (χ1) is 13.2. The van der Waals surface area contributed by atoms with E-state index in [0.29, 0.717) is 35.7 Å². The van der Waals surface area contributed by atoms with Crippen LogP contribution >= 0.6 is 23.1 Å². The number of nitrogens with two attached hydrogens (primary N) is 1. The van der Waals surface area contributed by atoms with E-state index in [2.05, 4.69) is 20.8 Å². The van der Waals surface area contributed by atoms with Gasteiger partial charge < -0.3 is 0 Å². The molecule has 0 aromatic carbocycles. The number of thioether (sulfide) groups is 1. The number of thiophene rings is 1. The fourth-order valence-corrected chi connectivity index (χ4v) is 6.64. The monoisotopic (exact) mass is 443 g/mol. The topological polar surface area (TPSA) is 95.1 Å². The molecule has 1 unspecified atom stereocenters. The smallest absolute Gasteiger partial charge is 0.263 e. The van der Waals surface area contributed by atoms with Crippen molar-refractivity contribution in [1.82, 2.24) is 9.55 Å². The first kappa shape index (κ1) is 21.8. The van der Waals surface area contributed by atoms with Gasteiger partial charge in [0.2, 0.25) is 10.0 Å². The predicted molar refractivity (Wildman–Crippen MR) is 118 cm³/mol. The van der Waals surface area contributed by atoms with Crippen molar-refractivity contribution >= 4 is 43.3 Å². The molecule has 2 heterocycles. The molecule has 1 aliphatic carbocycles. The number of hydrogen-bond acceptors (Lipinski definition) is 6. The third-order valence-electron chi connectivity index (χ3n) is 5.11. The van der Waals surface area contributed by atoms with Gasteiger partial charge >= 0.3 is 0 Å². The van der Waals surface area contributed by atoms with Crippen molar-refractivity contribution in [2.45, 2.75) is 64.6 Å². The molecule has 3 rings (SSSR count). The Hall–Kier alpha value is -0.900. The van der Waals surface area contributed by atoms with E-state index >= 15 is 0 Å². The summed E-state index contributed by atoms with van der Waals surface area (Å²) in [6.07, 6.45) is 4.45. The highest BCUT2D eigenvalue weighted by Gasteiger charge is 2.24. The summed E-state index contributed by atoms with van der Waals surface area (Å²) >= 11 is 3.11. The molecule has 6 nitrogen and oxygen atoms in total. The summed E-state index contributed by atoms with van der Waals surface area (Å²) in [7, 11) is -3.46. The Kier molecular flexibility index (Phi) is 6.89. The summed E-state index contributed by atoms with van der Waals surface area (Å²) in [6, 6.07) is 0. The van der Waals surface area contributed by atoms with Crippen LogP contribution in [0.1, 0.15) is 50.5 Å². The largest absolute Gasteiger partial charge is 0.287 e. The van der Waals surface area contributed by atoms with Gasteiger partial charge in [0.15, 0.2) is 5.16 Å². The fourth-order valence-electron chi connectivity index (χ4n) is 3.52. The van der Waals surface area contributed by atoms with Crippen LogP contribution in [-0.2, 0) is 29.4 Å². The zero-order valence-corrected chi connectivity index (χ0v) is 19.2. The Morgan fingerprint density at radius 2 is 2.14 bits per heavy atom. The van der Waals surface area contributed by atoms with Gasteiger partial charge in [-0.3, -0.25) is 9.36 Å². The maximum atomic E-state index is 13.4. The summed E-state index contributed by atoms with van der Waals surface area (Å²) in [6.45, 7) is 7.18. The Morgan fingerprint density at radius 3 is 2.82 bits per heavy atom. The van der Waals surface area contributed by atoms with Crippen LogP contribution < -0.4 is 10.7 Å².